The Morgan fingerprint density at radius 2 is 1.77 bits per heavy atom. The standard InChI is InChI=1S/C18H16ClN3O4/c1-24-14-6-8-15(9-7-14)25-11-10-20-16(23)18-22-21-17(26-18)12-2-4-13(19)5-3-12/h2-9H,10-11H2,1H3,(H,20,23). The fourth-order valence-corrected chi connectivity index (χ4v) is 2.23. The first-order valence-corrected chi connectivity index (χ1v) is 8.18. The van der Waals surface area contributed by atoms with E-state index in [0.717, 1.165) is 5.75 Å². The van der Waals surface area contributed by atoms with Crippen LogP contribution in [0.4, 0.5) is 0 Å². The third kappa shape index (κ3) is 4.52. The van der Waals surface area contributed by atoms with Crippen molar-refractivity contribution in [2.24, 2.45) is 0 Å². The zero-order valence-electron chi connectivity index (χ0n) is 13.9. The van der Waals surface area contributed by atoms with Gasteiger partial charge in [-0.3, -0.25) is 4.79 Å². The van der Waals surface area contributed by atoms with Crippen LogP contribution in [0.3, 0.4) is 0 Å². The van der Waals surface area contributed by atoms with Crippen LogP contribution in [0, 0.1) is 0 Å². The van der Waals surface area contributed by atoms with Gasteiger partial charge in [0.05, 0.1) is 13.7 Å². The highest BCUT2D eigenvalue weighted by Gasteiger charge is 2.15. The number of carbonyl (C=O) groups is 1. The van der Waals surface area contributed by atoms with Crippen molar-refractivity contribution in [1.29, 1.82) is 0 Å². The minimum absolute atomic E-state index is 0.112. The molecule has 3 aromatic rings. The van der Waals surface area contributed by atoms with Gasteiger partial charge in [0, 0.05) is 10.6 Å². The number of hydrogen-bond acceptors (Lipinski definition) is 6. The summed E-state index contributed by atoms with van der Waals surface area (Å²) in [4.78, 5) is 12.0. The summed E-state index contributed by atoms with van der Waals surface area (Å²) in [5.41, 5.74) is 0.684. The summed E-state index contributed by atoms with van der Waals surface area (Å²) in [6, 6.07) is 14.1. The van der Waals surface area contributed by atoms with Crippen LogP contribution in [0.1, 0.15) is 10.7 Å². The maximum Gasteiger partial charge on any atom is 0.308 e. The second-order valence-corrected chi connectivity index (χ2v) is 5.64. The van der Waals surface area contributed by atoms with Crippen molar-refractivity contribution in [3.63, 3.8) is 0 Å². The summed E-state index contributed by atoms with van der Waals surface area (Å²) in [6.45, 7) is 0.597. The first kappa shape index (κ1) is 17.8. The second kappa shape index (κ2) is 8.35. The summed E-state index contributed by atoms with van der Waals surface area (Å²) in [7, 11) is 1.60. The molecule has 0 aliphatic heterocycles. The van der Waals surface area contributed by atoms with E-state index in [1.54, 1.807) is 55.6 Å². The molecule has 1 aromatic heterocycles. The van der Waals surface area contributed by atoms with Gasteiger partial charge >= 0.3 is 11.8 Å². The average molecular weight is 374 g/mol. The van der Waals surface area contributed by atoms with E-state index in [4.69, 9.17) is 25.5 Å². The molecule has 0 bridgehead atoms. The van der Waals surface area contributed by atoms with Gasteiger partial charge in [-0.2, -0.15) is 0 Å². The fraction of sp³-hybridized carbons (Fsp3) is 0.167. The minimum atomic E-state index is -0.462. The average Bonchev–Trinajstić information content (AvgIpc) is 3.16. The molecule has 7 nitrogen and oxygen atoms in total. The van der Waals surface area contributed by atoms with Crippen LogP contribution in [0.15, 0.2) is 52.9 Å². The van der Waals surface area contributed by atoms with E-state index in [1.165, 1.54) is 0 Å². The fourth-order valence-electron chi connectivity index (χ4n) is 2.11. The van der Waals surface area contributed by atoms with Crippen molar-refractivity contribution in [1.82, 2.24) is 15.5 Å². The number of ether oxygens (including phenoxy) is 2. The van der Waals surface area contributed by atoms with Crippen LogP contribution >= 0.6 is 11.6 Å². The number of methoxy groups -OCH3 is 1. The lowest BCUT2D eigenvalue weighted by Crippen LogP contribution is -2.28. The maximum atomic E-state index is 12.0. The predicted molar refractivity (Wildman–Crippen MR) is 95.6 cm³/mol. The molecule has 26 heavy (non-hydrogen) atoms. The van der Waals surface area contributed by atoms with E-state index < -0.39 is 5.91 Å². The molecule has 0 saturated carbocycles. The normalized spacial score (nSPS) is 10.4. The first-order valence-electron chi connectivity index (χ1n) is 7.80. The molecule has 0 saturated heterocycles. The van der Waals surface area contributed by atoms with Gasteiger partial charge in [-0.1, -0.05) is 11.6 Å². The number of carbonyl (C=O) groups excluding carboxylic acids is 1. The zero-order valence-corrected chi connectivity index (χ0v) is 14.7. The van der Waals surface area contributed by atoms with Gasteiger partial charge in [0.2, 0.25) is 5.89 Å². The van der Waals surface area contributed by atoms with Gasteiger partial charge in [0.25, 0.3) is 0 Å². The molecule has 8 heteroatoms. The number of aromatic nitrogens is 2. The van der Waals surface area contributed by atoms with Crippen molar-refractivity contribution in [2.75, 3.05) is 20.3 Å². The Bertz CT molecular complexity index is 863. The number of nitrogens with zero attached hydrogens (tertiary/aromatic N) is 2. The molecule has 0 unspecified atom stereocenters. The quantitative estimate of drug-likeness (QED) is 0.640. The van der Waals surface area contributed by atoms with Gasteiger partial charge in [-0.05, 0) is 48.5 Å². The second-order valence-electron chi connectivity index (χ2n) is 5.20. The molecule has 1 heterocycles. The molecule has 0 spiro atoms. The highest BCUT2D eigenvalue weighted by Crippen LogP contribution is 2.20. The highest BCUT2D eigenvalue weighted by atomic mass is 35.5. The molecule has 0 aliphatic rings. The van der Waals surface area contributed by atoms with Crippen LogP contribution in [-0.4, -0.2) is 36.4 Å². The van der Waals surface area contributed by atoms with E-state index >= 15 is 0 Å². The van der Waals surface area contributed by atoms with Crippen LogP contribution in [-0.2, 0) is 0 Å². The Labute approximate surface area is 154 Å². The van der Waals surface area contributed by atoms with Crippen molar-refractivity contribution >= 4 is 17.5 Å². The molecular weight excluding hydrogens is 358 g/mol. The molecular formula is C18H16ClN3O4. The lowest BCUT2D eigenvalue weighted by atomic mass is 10.2. The summed E-state index contributed by atoms with van der Waals surface area (Å²) in [6.07, 6.45) is 0. The molecule has 1 N–H and O–H groups in total. The van der Waals surface area contributed by atoms with Crippen molar-refractivity contribution < 1.29 is 18.7 Å². The van der Waals surface area contributed by atoms with Gasteiger partial charge in [-0.25, -0.2) is 0 Å². The SMILES string of the molecule is COc1ccc(OCCNC(=O)c2nnc(-c3ccc(Cl)cc3)o2)cc1. The maximum absolute atomic E-state index is 12.0. The van der Waals surface area contributed by atoms with Gasteiger partial charge in [-0.15, -0.1) is 10.2 Å². The van der Waals surface area contributed by atoms with Crippen molar-refractivity contribution in [3.8, 4) is 23.0 Å². The summed E-state index contributed by atoms with van der Waals surface area (Å²) in [5, 5.41) is 10.9. The third-order valence-corrected chi connectivity index (χ3v) is 3.68. The first-order chi connectivity index (χ1) is 12.7. The number of nitrogens with one attached hydrogen (secondary N) is 1. The van der Waals surface area contributed by atoms with Crippen LogP contribution < -0.4 is 14.8 Å². The van der Waals surface area contributed by atoms with Gasteiger partial charge in [0.15, 0.2) is 0 Å². The summed E-state index contributed by atoms with van der Waals surface area (Å²) in [5.74, 6) is 1.11. The number of amides is 1. The molecule has 0 atom stereocenters. The molecule has 134 valence electrons. The van der Waals surface area contributed by atoms with E-state index in [1.807, 2.05) is 0 Å². The topological polar surface area (TPSA) is 86.5 Å². The number of rotatable bonds is 7. The highest BCUT2D eigenvalue weighted by molar-refractivity contribution is 6.30. The molecule has 0 aliphatic carbocycles. The third-order valence-electron chi connectivity index (χ3n) is 3.43. The molecule has 2 aromatic carbocycles. The lowest BCUT2D eigenvalue weighted by molar-refractivity contribution is 0.0913. The van der Waals surface area contributed by atoms with Gasteiger partial charge < -0.3 is 19.2 Å². The molecule has 0 fully saturated rings. The summed E-state index contributed by atoms with van der Waals surface area (Å²) >= 11 is 5.84. The number of halogens is 1. The summed E-state index contributed by atoms with van der Waals surface area (Å²) < 4.78 is 16.0. The Kier molecular flexibility index (Phi) is 5.70. The Morgan fingerprint density at radius 3 is 2.46 bits per heavy atom. The Hall–Kier alpha value is -3.06. The van der Waals surface area contributed by atoms with E-state index in [-0.39, 0.29) is 11.8 Å². The van der Waals surface area contributed by atoms with E-state index in [0.29, 0.717) is 29.5 Å². The Balaban J connectivity index is 1.48. The van der Waals surface area contributed by atoms with Gasteiger partial charge in [0.1, 0.15) is 18.1 Å². The minimum Gasteiger partial charge on any atom is -0.497 e. The van der Waals surface area contributed by atoms with Crippen molar-refractivity contribution in [3.05, 3.63) is 59.4 Å². The van der Waals surface area contributed by atoms with Crippen molar-refractivity contribution in [2.45, 2.75) is 0 Å². The number of hydrogen-bond donors (Lipinski definition) is 1. The predicted octanol–water partition coefficient (Wildman–Crippen LogP) is 3.21. The van der Waals surface area contributed by atoms with Crippen LogP contribution in [0.5, 0.6) is 11.5 Å². The van der Waals surface area contributed by atoms with E-state index in [9.17, 15) is 4.79 Å². The van der Waals surface area contributed by atoms with Crippen LogP contribution in [0.25, 0.3) is 11.5 Å². The molecule has 3 rings (SSSR count). The van der Waals surface area contributed by atoms with E-state index in [2.05, 4.69) is 15.5 Å². The van der Waals surface area contributed by atoms with Crippen LogP contribution in [0.2, 0.25) is 5.02 Å². The number of benzene rings is 2. The lowest BCUT2D eigenvalue weighted by Gasteiger charge is -2.07. The monoisotopic (exact) mass is 373 g/mol. The zero-order chi connectivity index (χ0) is 18.4. The molecule has 1 amide bonds. The smallest absolute Gasteiger partial charge is 0.308 e. The Morgan fingerprint density at radius 1 is 1.08 bits per heavy atom. The largest absolute Gasteiger partial charge is 0.497 e. The molecule has 0 radical (unpaired) electrons.